The van der Waals surface area contributed by atoms with Crippen molar-refractivity contribution < 1.29 is 24.2 Å². The molecular formula is C12H22O5. The van der Waals surface area contributed by atoms with Gasteiger partial charge >= 0.3 is 11.9 Å². The predicted molar refractivity (Wildman–Crippen MR) is 62.7 cm³/mol. The molecule has 0 amide bonds. The van der Waals surface area contributed by atoms with Crippen LogP contribution in [0, 0.1) is 5.41 Å². The summed E-state index contributed by atoms with van der Waals surface area (Å²) in [5, 5.41) is 9.22. The molecular weight excluding hydrogens is 224 g/mol. The first kappa shape index (κ1) is 15.9. The highest BCUT2D eigenvalue weighted by Crippen LogP contribution is 2.29. The minimum Gasteiger partial charge on any atom is -0.480 e. The van der Waals surface area contributed by atoms with E-state index >= 15 is 0 Å². The van der Waals surface area contributed by atoms with Crippen molar-refractivity contribution in [2.24, 2.45) is 5.41 Å². The van der Waals surface area contributed by atoms with Crippen molar-refractivity contribution in [2.45, 2.75) is 40.0 Å². The molecule has 0 radical (unpaired) electrons. The van der Waals surface area contributed by atoms with Crippen LogP contribution < -0.4 is 0 Å². The lowest BCUT2D eigenvalue weighted by molar-refractivity contribution is -0.170. The molecule has 0 aromatic carbocycles. The summed E-state index contributed by atoms with van der Waals surface area (Å²) in [6.45, 7) is 6.31. The van der Waals surface area contributed by atoms with Crippen molar-refractivity contribution in [1.82, 2.24) is 0 Å². The first-order valence-electron chi connectivity index (χ1n) is 6.03. The largest absolute Gasteiger partial charge is 0.480 e. The number of esters is 1. The average molecular weight is 246 g/mol. The van der Waals surface area contributed by atoms with Gasteiger partial charge in [-0.1, -0.05) is 13.8 Å². The van der Waals surface area contributed by atoms with Gasteiger partial charge in [0.15, 0.2) is 5.41 Å². The molecule has 1 unspecified atom stereocenters. The standard InChI is InChI=1S/C12H22O5/c1-4-8-16-9-7-12(5-2,10(13)14)11(15)17-6-3/h4-9H2,1-3H3,(H,13,14). The molecule has 0 saturated carbocycles. The number of carbonyl (C=O) groups excluding carboxylic acids is 1. The van der Waals surface area contributed by atoms with E-state index in [4.69, 9.17) is 9.47 Å². The molecule has 5 heteroatoms. The average Bonchev–Trinajstić information content (AvgIpc) is 2.29. The maximum atomic E-state index is 11.7. The van der Waals surface area contributed by atoms with Crippen LogP contribution in [0.25, 0.3) is 0 Å². The van der Waals surface area contributed by atoms with Crippen LogP contribution in [0.1, 0.15) is 40.0 Å². The highest BCUT2D eigenvalue weighted by atomic mass is 16.5. The van der Waals surface area contributed by atoms with Crippen molar-refractivity contribution in [3.05, 3.63) is 0 Å². The second-order valence-corrected chi connectivity index (χ2v) is 3.82. The van der Waals surface area contributed by atoms with Crippen LogP contribution >= 0.6 is 0 Å². The van der Waals surface area contributed by atoms with Crippen LogP contribution in [-0.4, -0.2) is 36.9 Å². The van der Waals surface area contributed by atoms with Gasteiger partial charge < -0.3 is 14.6 Å². The molecule has 17 heavy (non-hydrogen) atoms. The fourth-order valence-electron chi connectivity index (χ4n) is 1.53. The first-order valence-corrected chi connectivity index (χ1v) is 6.03. The summed E-state index contributed by atoms with van der Waals surface area (Å²) >= 11 is 0. The van der Waals surface area contributed by atoms with E-state index in [0.29, 0.717) is 6.61 Å². The van der Waals surface area contributed by atoms with Crippen LogP contribution in [0.2, 0.25) is 0 Å². The monoisotopic (exact) mass is 246 g/mol. The molecule has 0 aliphatic heterocycles. The predicted octanol–water partition coefficient (Wildman–Crippen LogP) is 1.85. The summed E-state index contributed by atoms with van der Waals surface area (Å²) in [4.78, 5) is 23.0. The Morgan fingerprint density at radius 1 is 1.18 bits per heavy atom. The Kier molecular flexibility index (Phi) is 7.54. The van der Waals surface area contributed by atoms with E-state index in [-0.39, 0.29) is 26.1 Å². The molecule has 0 bridgehead atoms. The molecule has 1 atom stereocenters. The zero-order valence-corrected chi connectivity index (χ0v) is 10.8. The van der Waals surface area contributed by atoms with E-state index in [9.17, 15) is 14.7 Å². The Morgan fingerprint density at radius 2 is 1.82 bits per heavy atom. The zero-order valence-electron chi connectivity index (χ0n) is 10.8. The minimum atomic E-state index is -1.47. The molecule has 0 aromatic rings. The number of carboxylic acid groups (broad SMARTS) is 1. The molecule has 0 heterocycles. The third kappa shape index (κ3) is 4.34. The summed E-state index contributed by atoms with van der Waals surface area (Å²) < 4.78 is 10.1. The molecule has 0 aromatic heterocycles. The summed E-state index contributed by atoms with van der Waals surface area (Å²) in [6, 6.07) is 0. The van der Waals surface area contributed by atoms with Crippen LogP contribution in [0.3, 0.4) is 0 Å². The van der Waals surface area contributed by atoms with E-state index in [1.165, 1.54) is 0 Å². The number of ether oxygens (including phenoxy) is 2. The van der Waals surface area contributed by atoms with Gasteiger partial charge in [-0.05, 0) is 26.2 Å². The van der Waals surface area contributed by atoms with Gasteiger partial charge in [-0.25, -0.2) is 0 Å². The van der Waals surface area contributed by atoms with Crippen LogP contribution in [0.4, 0.5) is 0 Å². The molecule has 0 aliphatic carbocycles. The molecule has 100 valence electrons. The van der Waals surface area contributed by atoms with Gasteiger partial charge in [0.2, 0.25) is 0 Å². The lowest BCUT2D eigenvalue weighted by Crippen LogP contribution is -2.41. The Balaban J connectivity index is 4.59. The van der Waals surface area contributed by atoms with Gasteiger partial charge in [0.1, 0.15) is 0 Å². The molecule has 0 aliphatic rings. The summed E-state index contributed by atoms with van der Waals surface area (Å²) in [5.74, 6) is -1.81. The Hall–Kier alpha value is -1.10. The highest BCUT2D eigenvalue weighted by Gasteiger charge is 2.45. The van der Waals surface area contributed by atoms with Gasteiger partial charge in [-0.3, -0.25) is 9.59 Å². The second-order valence-electron chi connectivity index (χ2n) is 3.82. The molecule has 0 rings (SSSR count). The van der Waals surface area contributed by atoms with Crippen molar-refractivity contribution >= 4 is 11.9 Å². The van der Waals surface area contributed by atoms with Crippen molar-refractivity contribution in [2.75, 3.05) is 19.8 Å². The third-order valence-electron chi connectivity index (χ3n) is 2.70. The van der Waals surface area contributed by atoms with Crippen LogP contribution in [0.15, 0.2) is 0 Å². The summed E-state index contributed by atoms with van der Waals surface area (Å²) in [5.41, 5.74) is -1.47. The fourth-order valence-corrected chi connectivity index (χ4v) is 1.53. The Morgan fingerprint density at radius 3 is 2.24 bits per heavy atom. The molecule has 0 fully saturated rings. The lowest BCUT2D eigenvalue weighted by atomic mass is 9.82. The molecule has 0 spiro atoms. The maximum Gasteiger partial charge on any atom is 0.323 e. The van der Waals surface area contributed by atoms with Crippen LogP contribution in [0.5, 0.6) is 0 Å². The molecule has 0 saturated heterocycles. The van der Waals surface area contributed by atoms with Gasteiger partial charge in [0.25, 0.3) is 0 Å². The summed E-state index contributed by atoms with van der Waals surface area (Å²) in [6.07, 6.45) is 1.22. The summed E-state index contributed by atoms with van der Waals surface area (Å²) in [7, 11) is 0. The number of aliphatic carboxylic acids is 1. The topological polar surface area (TPSA) is 72.8 Å². The van der Waals surface area contributed by atoms with Gasteiger partial charge in [-0.15, -0.1) is 0 Å². The van der Waals surface area contributed by atoms with Crippen molar-refractivity contribution in [3.8, 4) is 0 Å². The van der Waals surface area contributed by atoms with E-state index in [1.54, 1.807) is 13.8 Å². The van der Waals surface area contributed by atoms with Gasteiger partial charge in [0.05, 0.1) is 6.61 Å². The number of carboxylic acids is 1. The normalized spacial score (nSPS) is 14.1. The second kappa shape index (κ2) is 8.06. The Labute approximate surface area is 102 Å². The Bertz CT molecular complexity index is 251. The SMILES string of the molecule is CCCOCCC(CC)(C(=O)O)C(=O)OCC. The number of carbonyl (C=O) groups is 2. The van der Waals surface area contributed by atoms with Gasteiger partial charge in [0, 0.05) is 13.2 Å². The molecule has 1 N–H and O–H groups in total. The fraction of sp³-hybridized carbons (Fsp3) is 0.833. The quantitative estimate of drug-likeness (QED) is 0.382. The van der Waals surface area contributed by atoms with E-state index < -0.39 is 17.4 Å². The van der Waals surface area contributed by atoms with Gasteiger partial charge in [-0.2, -0.15) is 0 Å². The number of hydrogen-bond donors (Lipinski definition) is 1. The van der Waals surface area contributed by atoms with Crippen LogP contribution in [-0.2, 0) is 19.1 Å². The zero-order chi connectivity index (χ0) is 13.3. The minimum absolute atomic E-state index is 0.150. The number of hydrogen-bond acceptors (Lipinski definition) is 4. The third-order valence-corrected chi connectivity index (χ3v) is 2.70. The van der Waals surface area contributed by atoms with E-state index in [1.807, 2.05) is 6.92 Å². The molecule has 5 nitrogen and oxygen atoms in total. The van der Waals surface area contributed by atoms with Crippen molar-refractivity contribution in [1.29, 1.82) is 0 Å². The van der Waals surface area contributed by atoms with Crippen molar-refractivity contribution in [3.63, 3.8) is 0 Å². The highest BCUT2D eigenvalue weighted by molar-refractivity contribution is 5.99. The number of rotatable bonds is 9. The smallest absolute Gasteiger partial charge is 0.323 e. The first-order chi connectivity index (χ1) is 8.05. The maximum absolute atomic E-state index is 11.7. The lowest BCUT2D eigenvalue weighted by Gasteiger charge is -2.25. The van der Waals surface area contributed by atoms with E-state index in [2.05, 4.69) is 0 Å². The van der Waals surface area contributed by atoms with E-state index in [0.717, 1.165) is 6.42 Å².